The van der Waals surface area contributed by atoms with Crippen molar-refractivity contribution in [1.82, 2.24) is 0 Å². The Kier molecular flexibility index (Phi) is 4.86. The smallest absolute Gasteiger partial charge is 0.426 e. The SMILES string of the molecule is COc1ccc(OC(C(C)N)C(F)(F)F)c(Br)c1. The van der Waals surface area contributed by atoms with Crippen molar-refractivity contribution in [3.05, 3.63) is 22.7 Å². The second-order valence-corrected chi connectivity index (χ2v) is 4.59. The molecule has 0 saturated carbocycles. The van der Waals surface area contributed by atoms with Gasteiger partial charge in [0.05, 0.1) is 11.6 Å². The van der Waals surface area contributed by atoms with E-state index in [1.807, 2.05) is 0 Å². The Hall–Kier alpha value is -0.950. The molecule has 102 valence electrons. The topological polar surface area (TPSA) is 44.5 Å². The summed E-state index contributed by atoms with van der Waals surface area (Å²) in [5.41, 5.74) is 5.29. The van der Waals surface area contributed by atoms with Gasteiger partial charge in [-0.15, -0.1) is 0 Å². The van der Waals surface area contributed by atoms with Crippen LogP contribution in [0.15, 0.2) is 22.7 Å². The minimum Gasteiger partial charge on any atom is -0.497 e. The molecule has 0 saturated heterocycles. The van der Waals surface area contributed by atoms with Gasteiger partial charge in [-0.3, -0.25) is 0 Å². The summed E-state index contributed by atoms with van der Waals surface area (Å²) in [4.78, 5) is 0. The summed E-state index contributed by atoms with van der Waals surface area (Å²) in [6, 6.07) is 3.25. The van der Waals surface area contributed by atoms with Crippen molar-refractivity contribution in [2.75, 3.05) is 7.11 Å². The Labute approximate surface area is 111 Å². The molecule has 0 amide bonds. The number of alkyl halides is 3. The van der Waals surface area contributed by atoms with Crippen LogP contribution in [0.25, 0.3) is 0 Å². The van der Waals surface area contributed by atoms with Crippen LogP contribution in [0.3, 0.4) is 0 Å². The summed E-state index contributed by atoms with van der Waals surface area (Å²) in [5.74, 6) is 0.578. The first-order valence-electron chi connectivity index (χ1n) is 5.08. The summed E-state index contributed by atoms with van der Waals surface area (Å²) in [6.45, 7) is 1.25. The molecule has 2 N–H and O–H groups in total. The highest BCUT2D eigenvalue weighted by Crippen LogP contribution is 2.33. The van der Waals surface area contributed by atoms with E-state index in [1.165, 1.54) is 32.2 Å². The van der Waals surface area contributed by atoms with Crippen LogP contribution in [0.1, 0.15) is 6.92 Å². The number of methoxy groups -OCH3 is 1. The molecule has 7 heteroatoms. The minimum absolute atomic E-state index is 0.0652. The number of benzene rings is 1. The molecule has 0 aliphatic rings. The summed E-state index contributed by atoms with van der Waals surface area (Å²) >= 11 is 3.12. The molecule has 0 fully saturated rings. The van der Waals surface area contributed by atoms with Gasteiger partial charge in [0.25, 0.3) is 0 Å². The van der Waals surface area contributed by atoms with Gasteiger partial charge in [0.2, 0.25) is 6.10 Å². The minimum atomic E-state index is -4.52. The van der Waals surface area contributed by atoms with Crippen LogP contribution in [0.2, 0.25) is 0 Å². The lowest BCUT2D eigenvalue weighted by Crippen LogP contribution is -2.47. The Morgan fingerprint density at radius 1 is 1.33 bits per heavy atom. The molecule has 2 atom stereocenters. The number of hydrogen-bond acceptors (Lipinski definition) is 3. The van der Waals surface area contributed by atoms with Crippen LogP contribution in [-0.4, -0.2) is 25.4 Å². The molecule has 0 aliphatic heterocycles. The summed E-state index contributed by atoms with van der Waals surface area (Å²) in [6.07, 6.45) is -6.57. The first kappa shape index (κ1) is 15.1. The monoisotopic (exact) mass is 327 g/mol. The van der Waals surface area contributed by atoms with Crippen LogP contribution in [0.4, 0.5) is 13.2 Å². The van der Waals surface area contributed by atoms with E-state index in [9.17, 15) is 13.2 Å². The van der Waals surface area contributed by atoms with Gasteiger partial charge in [-0.25, -0.2) is 0 Å². The zero-order chi connectivity index (χ0) is 13.9. The van der Waals surface area contributed by atoms with Crippen molar-refractivity contribution in [1.29, 1.82) is 0 Å². The maximum atomic E-state index is 12.7. The largest absolute Gasteiger partial charge is 0.497 e. The van der Waals surface area contributed by atoms with E-state index < -0.39 is 18.3 Å². The highest BCUT2D eigenvalue weighted by Gasteiger charge is 2.44. The van der Waals surface area contributed by atoms with E-state index in [1.54, 1.807) is 0 Å². The molecule has 0 aromatic heterocycles. The fourth-order valence-electron chi connectivity index (χ4n) is 1.31. The van der Waals surface area contributed by atoms with Gasteiger partial charge in [-0.05, 0) is 41.1 Å². The molecule has 18 heavy (non-hydrogen) atoms. The number of ether oxygens (including phenoxy) is 2. The van der Waals surface area contributed by atoms with Gasteiger partial charge in [0, 0.05) is 6.04 Å². The predicted octanol–water partition coefficient (Wildman–Crippen LogP) is 3.11. The third kappa shape index (κ3) is 3.78. The van der Waals surface area contributed by atoms with E-state index in [0.717, 1.165) is 0 Å². The van der Waals surface area contributed by atoms with E-state index in [-0.39, 0.29) is 5.75 Å². The number of halogens is 4. The van der Waals surface area contributed by atoms with Crippen LogP contribution >= 0.6 is 15.9 Å². The molecular formula is C11H13BrF3NO2. The standard InChI is InChI=1S/C11H13BrF3NO2/c1-6(16)10(11(13,14)15)18-9-4-3-7(17-2)5-8(9)12/h3-6,10H,16H2,1-2H3. The molecule has 0 spiro atoms. The van der Waals surface area contributed by atoms with Crippen molar-refractivity contribution in [2.45, 2.75) is 25.2 Å². The molecule has 1 aromatic carbocycles. The summed E-state index contributed by atoms with van der Waals surface area (Å²) in [5, 5.41) is 0. The third-order valence-electron chi connectivity index (χ3n) is 2.19. The highest BCUT2D eigenvalue weighted by atomic mass is 79.9. The van der Waals surface area contributed by atoms with Crippen molar-refractivity contribution in [2.24, 2.45) is 5.73 Å². The number of rotatable bonds is 4. The van der Waals surface area contributed by atoms with Crippen LogP contribution < -0.4 is 15.2 Å². The Balaban J connectivity index is 2.95. The van der Waals surface area contributed by atoms with Crippen LogP contribution in [0.5, 0.6) is 11.5 Å². The number of hydrogen-bond donors (Lipinski definition) is 1. The van der Waals surface area contributed by atoms with Crippen LogP contribution in [-0.2, 0) is 0 Å². The van der Waals surface area contributed by atoms with Gasteiger partial charge < -0.3 is 15.2 Å². The quantitative estimate of drug-likeness (QED) is 0.924. The fraction of sp³-hybridized carbons (Fsp3) is 0.455. The normalized spacial score (nSPS) is 15.1. The first-order chi connectivity index (χ1) is 8.25. The molecular weight excluding hydrogens is 315 g/mol. The van der Waals surface area contributed by atoms with Crippen molar-refractivity contribution < 1.29 is 22.6 Å². The zero-order valence-electron chi connectivity index (χ0n) is 9.79. The molecule has 0 radical (unpaired) electrons. The van der Waals surface area contributed by atoms with E-state index in [0.29, 0.717) is 10.2 Å². The van der Waals surface area contributed by atoms with E-state index in [2.05, 4.69) is 15.9 Å². The maximum absolute atomic E-state index is 12.7. The molecule has 0 bridgehead atoms. The van der Waals surface area contributed by atoms with E-state index in [4.69, 9.17) is 15.2 Å². The lowest BCUT2D eigenvalue weighted by Gasteiger charge is -2.25. The molecule has 1 rings (SSSR count). The van der Waals surface area contributed by atoms with E-state index >= 15 is 0 Å². The Morgan fingerprint density at radius 2 is 1.94 bits per heavy atom. The van der Waals surface area contributed by atoms with Crippen LogP contribution in [0, 0.1) is 0 Å². The van der Waals surface area contributed by atoms with Gasteiger partial charge >= 0.3 is 6.18 Å². The fourth-order valence-corrected chi connectivity index (χ4v) is 1.76. The molecule has 2 unspecified atom stereocenters. The molecule has 1 aromatic rings. The second-order valence-electron chi connectivity index (χ2n) is 3.74. The lowest BCUT2D eigenvalue weighted by atomic mass is 10.2. The average Bonchev–Trinajstić information content (AvgIpc) is 2.24. The molecule has 0 aliphatic carbocycles. The van der Waals surface area contributed by atoms with Crippen molar-refractivity contribution in [3.63, 3.8) is 0 Å². The highest BCUT2D eigenvalue weighted by molar-refractivity contribution is 9.10. The third-order valence-corrected chi connectivity index (χ3v) is 2.81. The average molecular weight is 328 g/mol. The summed E-state index contributed by atoms with van der Waals surface area (Å²) < 4.78 is 48.3. The lowest BCUT2D eigenvalue weighted by molar-refractivity contribution is -0.199. The molecule has 3 nitrogen and oxygen atoms in total. The van der Waals surface area contributed by atoms with Gasteiger partial charge in [0.15, 0.2) is 0 Å². The van der Waals surface area contributed by atoms with Gasteiger partial charge in [-0.1, -0.05) is 0 Å². The molecule has 0 heterocycles. The summed E-state index contributed by atoms with van der Waals surface area (Å²) in [7, 11) is 1.46. The first-order valence-corrected chi connectivity index (χ1v) is 5.87. The van der Waals surface area contributed by atoms with Gasteiger partial charge in [-0.2, -0.15) is 13.2 Å². The Bertz CT molecular complexity index is 410. The van der Waals surface area contributed by atoms with Crippen molar-refractivity contribution >= 4 is 15.9 Å². The number of nitrogens with two attached hydrogens (primary N) is 1. The zero-order valence-corrected chi connectivity index (χ0v) is 11.4. The Morgan fingerprint density at radius 3 is 2.33 bits per heavy atom. The predicted molar refractivity (Wildman–Crippen MR) is 64.8 cm³/mol. The maximum Gasteiger partial charge on any atom is 0.426 e. The van der Waals surface area contributed by atoms with Crippen molar-refractivity contribution in [3.8, 4) is 11.5 Å². The van der Waals surface area contributed by atoms with Gasteiger partial charge in [0.1, 0.15) is 11.5 Å². The second kappa shape index (κ2) is 5.79.